The van der Waals surface area contributed by atoms with Gasteiger partial charge in [-0.15, -0.1) is 0 Å². The molecule has 0 aliphatic heterocycles. The van der Waals surface area contributed by atoms with E-state index in [1.165, 1.54) is 0 Å². The molecular weight excluding hydrogens is 232 g/mol. The van der Waals surface area contributed by atoms with E-state index < -0.39 is 11.5 Å². The molecule has 3 N–H and O–H groups in total. The molecule has 2 amide bonds. The highest BCUT2D eigenvalue weighted by atomic mass is 16.4. The predicted octanol–water partition coefficient (Wildman–Crippen LogP) is 2.12. The zero-order valence-corrected chi connectivity index (χ0v) is 11.5. The fourth-order valence-electron chi connectivity index (χ4n) is 2.53. The Morgan fingerprint density at radius 2 is 1.83 bits per heavy atom. The molecule has 0 aromatic carbocycles. The average Bonchev–Trinajstić information content (AvgIpc) is 2.75. The van der Waals surface area contributed by atoms with Crippen LogP contribution in [0.2, 0.25) is 0 Å². The summed E-state index contributed by atoms with van der Waals surface area (Å²) >= 11 is 0. The maximum absolute atomic E-state index is 11.9. The molecule has 1 aliphatic carbocycles. The molecule has 0 bridgehead atoms. The molecule has 1 aliphatic rings. The van der Waals surface area contributed by atoms with Crippen molar-refractivity contribution in [2.75, 3.05) is 0 Å². The molecule has 0 saturated heterocycles. The van der Waals surface area contributed by atoms with Gasteiger partial charge in [-0.25, -0.2) is 9.59 Å². The van der Waals surface area contributed by atoms with Crippen molar-refractivity contribution >= 4 is 12.0 Å². The molecule has 1 saturated carbocycles. The van der Waals surface area contributed by atoms with Crippen LogP contribution in [0.3, 0.4) is 0 Å². The highest BCUT2D eigenvalue weighted by molar-refractivity contribution is 5.86. The molecule has 1 fully saturated rings. The van der Waals surface area contributed by atoms with Crippen LogP contribution in [0.5, 0.6) is 0 Å². The van der Waals surface area contributed by atoms with Gasteiger partial charge in [-0.3, -0.25) is 0 Å². The van der Waals surface area contributed by atoms with Crippen molar-refractivity contribution < 1.29 is 14.7 Å². The summed E-state index contributed by atoms with van der Waals surface area (Å²) in [6.45, 7) is 6.08. The number of hydrogen-bond acceptors (Lipinski definition) is 2. The smallest absolute Gasteiger partial charge is 0.329 e. The van der Waals surface area contributed by atoms with E-state index in [0.717, 1.165) is 19.3 Å². The van der Waals surface area contributed by atoms with Gasteiger partial charge in [0.15, 0.2) is 0 Å². The lowest BCUT2D eigenvalue weighted by molar-refractivity contribution is -0.144. The maximum atomic E-state index is 11.9. The number of carbonyl (C=O) groups is 2. The molecule has 0 radical (unpaired) electrons. The minimum Gasteiger partial charge on any atom is -0.480 e. The summed E-state index contributed by atoms with van der Waals surface area (Å²) in [7, 11) is 0. The van der Waals surface area contributed by atoms with E-state index in [1.807, 2.05) is 20.8 Å². The Bertz CT molecular complexity index is 309. The lowest BCUT2D eigenvalue weighted by atomic mass is 9.98. The van der Waals surface area contributed by atoms with Crippen LogP contribution in [0.15, 0.2) is 0 Å². The second-order valence-corrected chi connectivity index (χ2v) is 5.45. The highest BCUT2D eigenvalue weighted by Gasteiger charge is 2.42. The molecule has 1 rings (SSSR count). The van der Waals surface area contributed by atoms with Gasteiger partial charge in [0.1, 0.15) is 5.54 Å². The van der Waals surface area contributed by atoms with Gasteiger partial charge in [-0.1, -0.05) is 33.6 Å². The first kappa shape index (κ1) is 14.8. The van der Waals surface area contributed by atoms with Crippen molar-refractivity contribution in [1.29, 1.82) is 0 Å². The molecule has 0 aromatic heterocycles. The van der Waals surface area contributed by atoms with Crippen LogP contribution in [0.4, 0.5) is 4.79 Å². The summed E-state index contributed by atoms with van der Waals surface area (Å²) in [5.74, 6) is -0.585. The molecule has 18 heavy (non-hydrogen) atoms. The van der Waals surface area contributed by atoms with Gasteiger partial charge in [0.05, 0.1) is 0 Å². The number of nitrogens with one attached hydrogen (secondary N) is 2. The first-order valence-electron chi connectivity index (χ1n) is 6.73. The van der Waals surface area contributed by atoms with Crippen molar-refractivity contribution in [2.45, 2.75) is 64.5 Å². The largest absolute Gasteiger partial charge is 0.480 e. The highest BCUT2D eigenvalue weighted by Crippen LogP contribution is 2.29. The summed E-state index contributed by atoms with van der Waals surface area (Å²) in [5.41, 5.74) is -1.06. The van der Waals surface area contributed by atoms with E-state index >= 15 is 0 Å². The Kier molecular flexibility index (Phi) is 4.99. The zero-order chi connectivity index (χ0) is 13.8. The van der Waals surface area contributed by atoms with Gasteiger partial charge >= 0.3 is 12.0 Å². The van der Waals surface area contributed by atoms with Gasteiger partial charge in [-0.05, 0) is 25.2 Å². The molecule has 0 heterocycles. The molecule has 104 valence electrons. The van der Waals surface area contributed by atoms with Crippen molar-refractivity contribution in [3.63, 3.8) is 0 Å². The van der Waals surface area contributed by atoms with E-state index in [0.29, 0.717) is 18.8 Å². The van der Waals surface area contributed by atoms with E-state index in [4.69, 9.17) is 0 Å². The third-order valence-corrected chi connectivity index (χ3v) is 3.78. The van der Waals surface area contributed by atoms with Gasteiger partial charge in [0.2, 0.25) is 0 Å². The zero-order valence-electron chi connectivity index (χ0n) is 11.5. The quantitative estimate of drug-likeness (QED) is 0.705. The molecule has 5 heteroatoms. The maximum Gasteiger partial charge on any atom is 0.329 e. The summed E-state index contributed by atoms with van der Waals surface area (Å²) in [4.78, 5) is 23.2. The van der Waals surface area contributed by atoms with Gasteiger partial charge in [-0.2, -0.15) is 0 Å². The number of aliphatic carboxylic acids is 1. The normalized spacial score (nSPS) is 19.6. The Hall–Kier alpha value is -1.26. The number of urea groups is 1. The minimum atomic E-state index is -1.06. The fourth-order valence-corrected chi connectivity index (χ4v) is 2.53. The monoisotopic (exact) mass is 256 g/mol. The van der Waals surface area contributed by atoms with E-state index in [2.05, 4.69) is 10.6 Å². The third-order valence-electron chi connectivity index (χ3n) is 3.78. The van der Waals surface area contributed by atoms with Crippen molar-refractivity contribution in [1.82, 2.24) is 10.6 Å². The van der Waals surface area contributed by atoms with E-state index in [9.17, 15) is 14.7 Å². The van der Waals surface area contributed by atoms with Crippen LogP contribution < -0.4 is 10.6 Å². The van der Waals surface area contributed by atoms with Gasteiger partial charge < -0.3 is 15.7 Å². The molecule has 0 spiro atoms. The van der Waals surface area contributed by atoms with Gasteiger partial charge in [0.25, 0.3) is 0 Å². The fraction of sp³-hybridized carbons (Fsp3) is 0.846. The summed E-state index contributed by atoms with van der Waals surface area (Å²) in [5, 5.41) is 14.8. The lowest BCUT2D eigenvalue weighted by Gasteiger charge is -2.28. The molecule has 0 aromatic rings. The SMILES string of the molecule is CCC(NC(=O)NC1(C(=O)O)CCCC1)C(C)C. The van der Waals surface area contributed by atoms with Crippen LogP contribution in [-0.2, 0) is 4.79 Å². The Morgan fingerprint density at radius 1 is 1.28 bits per heavy atom. The van der Waals surface area contributed by atoms with Crippen molar-refractivity contribution in [3.05, 3.63) is 0 Å². The van der Waals surface area contributed by atoms with Gasteiger partial charge in [0, 0.05) is 6.04 Å². The van der Waals surface area contributed by atoms with Crippen LogP contribution >= 0.6 is 0 Å². The van der Waals surface area contributed by atoms with Crippen LogP contribution in [0, 0.1) is 5.92 Å². The molecule has 1 atom stereocenters. The Balaban J connectivity index is 2.60. The van der Waals surface area contributed by atoms with Crippen LogP contribution in [0.25, 0.3) is 0 Å². The molecule has 1 unspecified atom stereocenters. The Morgan fingerprint density at radius 3 is 2.22 bits per heavy atom. The molecular formula is C13H24N2O3. The first-order chi connectivity index (χ1) is 8.41. The Labute approximate surface area is 108 Å². The third kappa shape index (κ3) is 3.37. The lowest BCUT2D eigenvalue weighted by Crippen LogP contribution is -2.57. The van der Waals surface area contributed by atoms with E-state index in [-0.39, 0.29) is 12.1 Å². The van der Waals surface area contributed by atoms with Crippen molar-refractivity contribution in [2.24, 2.45) is 5.92 Å². The number of carbonyl (C=O) groups excluding carboxylic acids is 1. The predicted molar refractivity (Wildman–Crippen MR) is 69.4 cm³/mol. The summed E-state index contributed by atoms with van der Waals surface area (Å²) in [6.07, 6.45) is 3.59. The molecule has 5 nitrogen and oxygen atoms in total. The summed E-state index contributed by atoms with van der Waals surface area (Å²) in [6, 6.07) is -0.280. The van der Waals surface area contributed by atoms with Crippen molar-refractivity contribution in [3.8, 4) is 0 Å². The summed E-state index contributed by atoms with van der Waals surface area (Å²) < 4.78 is 0. The van der Waals surface area contributed by atoms with E-state index in [1.54, 1.807) is 0 Å². The second kappa shape index (κ2) is 6.07. The average molecular weight is 256 g/mol. The second-order valence-electron chi connectivity index (χ2n) is 5.45. The number of hydrogen-bond donors (Lipinski definition) is 3. The van der Waals surface area contributed by atoms with Crippen LogP contribution in [0.1, 0.15) is 52.9 Å². The standard InChI is InChI=1S/C13H24N2O3/c1-4-10(9(2)3)14-12(18)15-13(11(16)17)7-5-6-8-13/h9-10H,4-8H2,1-3H3,(H,16,17)(H2,14,15,18). The first-order valence-corrected chi connectivity index (χ1v) is 6.73. The van der Waals surface area contributed by atoms with Crippen LogP contribution in [-0.4, -0.2) is 28.7 Å². The topological polar surface area (TPSA) is 78.4 Å². The number of amides is 2. The minimum absolute atomic E-state index is 0.0808. The number of carboxylic acids is 1. The number of rotatable bonds is 5. The number of carboxylic acid groups (broad SMARTS) is 1.